The maximum atomic E-state index is 12.4. The van der Waals surface area contributed by atoms with E-state index in [4.69, 9.17) is 47.4 Å². The predicted molar refractivity (Wildman–Crippen MR) is 244 cm³/mol. The smallest absolute Gasteiger partial charge is 0.307 e. The van der Waals surface area contributed by atoms with E-state index in [9.17, 15) is 9.59 Å². The van der Waals surface area contributed by atoms with Crippen molar-refractivity contribution in [3.63, 3.8) is 0 Å². The molecular formula is C52H66N2O12. The van der Waals surface area contributed by atoms with E-state index in [1.165, 1.54) is 0 Å². The molecular weight excluding hydrogens is 845 g/mol. The minimum atomic E-state index is -0.761. The van der Waals surface area contributed by atoms with Crippen molar-refractivity contribution in [3.8, 4) is 0 Å². The van der Waals surface area contributed by atoms with Crippen LogP contribution in [0.3, 0.4) is 0 Å². The molecule has 0 amide bonds. The minimum Gasteiger partial charge on any atom is -0.466 e. The van der Waals surface area contributed by atoms with Crippen LogP contribution in [-0.2, 0) is 83.3 Å². The number of fused-ring (bicyclic) bond motifs is 2. The molecule has 0 radical (unpaired) electrons. The van der Waals surface area contributed by atoms with Crippen LogP contribution in [0, 0.1) is 0 Å². The summed E-state index contributed by atoms with van der Waals surface area (Å²) in [5.41, 5.74) is 4.33. The van der Waals surface area contributed by atoms with Crippen LogP contribution in [-0.4, -0.2) is 98.0 Å². The van der Waals surface area contributed by atoms with Crippen LogP contribution in [0.2, 0.25) is 0 Å². The molecule has 0 bridgehead atoms. The van der Waals surface area contributed by atoms with Gasteiger partial charge < -0.3 is 58.0 Å². The van der Waals surface area contributed by atoms with Gasteiger partial charge in [-0.3, -0.25) is 9.59 Å². The Balaban J connectivity index is 0.000000196. The van der Waals surface area contributed by atoms with E-state index in [2.05, 4.69) is 10.6 Å². The summed E-state index contributed by atoms with van der Waals surface area (Å²) in [6.07, 6.45) is -3.34. The van der Waals surface area contributed by atoms with Crippen molar-refractivity contribution in [2.75, 3.05) is 13.2 Å². The minimum absolute atomic E-state index is 0.152. The molecule has 0 unspecified atom stereocenters. The van der Waals surface area contributed by atoms with E-state index < -0.39 is 60.8 Å². The Morgan fingerprint density at radius 2 is 0.848 bits per heavy atom. The zero-order valence-electron chi connectivity index (χ0n) is 38.9. The van der Waals surface area contributed by atoms with Gasteiger partial charge in [0.25, 0.3) is 0 Å². The number of carbonyl (C=O) groups excluding carboxylic acids is 2. The molecule has 66 heavy (non-hydrogen) atoms. The first-order valence-electron chi connectivity index (χ1n) is 23.1. The second-order valence-corrected chi connectivity index (χ2v) is 17.6. The van der Waals surface area contributed by atoms with E-state index in [0.29, 0.717) is 39.5 Å². The first-order chi connectivity index (χ1) is 31.9. The van der Waals surface area contributed by atoms with Gasteiger partial charge in [-0.25, -0.2) is 0 Å². The molecule has 0 aliphatic carbocycles. The summed E-state index contributed by atoms with van der Waals surface area (Å²) in [5, 5.41) is 6.98. The first-order valence-corrected chi connectivity index (χ1v) is 23.1. The van der Waals surface area contributed by atoms with Crippen molar-refractivity contribution in [2.24, 2.45) is 0 Å². The molecule has 14 heteroatoms. The number of nitrogens with one attached hydrogen (secondary N) is 2. The van der Waals surface area contributed by atoms with Crippen molar-refractivity contribution in [2.45, 2.75) is 154 Å². The van der Waals surface area contributed by atoms with Gasteiger partial charge in [0.1, 0.15) is 36.6 Å². The van der Waals surface area contributed by atoms with Gasteiger partial charge in [0.15, 0.2) is 24.2 Å². The van der Waals surface area contributed by atoms with E-state index in [1.54, 1.807) is 13.8 Å². The Morgan fingerprint density at radius 1 is 0.515 bits per heavy atom. The lowest BCUT2D eigenvalue weighted by Gasteiger charge is -2.31. The van der Waals surface area contributed by atoms with E-state index in [-0.39, 0.29) is 36.9 Å². The van der Waals surface area contributed by atoms with Crippen molar-refractivity contribution in [3.05, 3.63) is 144 Å². The summed E-state index contributed by atoms with van der Waals surface area (Å²) in [6.45, 7) is 13.7. The molecule has 2 N–H and O–H groups in total. The maximum Gasteiger partial charge on any atom is 0.307 e. The highest BCUT2D eigenvalue weighted by molar-refractivity contribution is 5.70. The van der Waals surface area contributed by atoms with Crippen LogP contribution in [0.5, 0.6) is 0 Å². The van der Waals surface area contributed by atoms with E-state index in [1.807, 2.05) is 149 Å². The molecule has 4 aromatic rings. The Kier molecular flexibility index (Phi) is 17.5. The fourth-order valence-electron chi connectivity index (χ4n) is 8.67. The van der Waals surface area contributed by atoms with Gasteiger partial charge in [0.2, 0.25) is 0 Å². The fraction of sp³-hybridized carbons (Fsp3) is 0.500. The zero-order valence-corrected chi connectivity index (χ0v) is 38.9. The number of hydrogen-bond donors (Lipinski definition) is 2. The second kappa shape index (κ2) is 23.4. The highest BCUT2D eigenvalue weighted by Crippen LogP contribution is 2.42. The Labute approximate surface area is 388 Å². The molecule has 4 fully saturated rings. The van der Waals surface area contributed by atoms with Gasteiger partial charge in [0.05, 0.1) is 39.3 Å². The van der Waals surface area contributed by atoms with Gasteiger partial charge in [0, 0.05) is 25.2 Å². The largest absolute Gasteiger partial charge is 0.466 e. The van der Waals surface area contributed by atoms with Crippen LogP contribution < -0.4 is 10.6 Å². The average Bonchev–Trinajstić information content (AvgIpc) is 4.00. The maximum absolute atomic E-state index is 12.4. The van der Waals surface area contributed by atoms with Crippen LogP contribution in [0.25, 0.3) is 0 Å². The van der Waals surface area contributed by atoms with Gasteiger partial charge >= 0.3 is 11.9 Å². The molecule has 4 aliphatic rings. The highest BCUT2D eigenvalue weighted by atomic mass is 16.9. The Hall–Kier alpha value is -4.58. The Morgan fingerprint density at radius 3 is 1.18 bits per heavy atom. The number of ether oxygens (including phenoxy) is 10. The highest BCUT2D eigenvalue weighted by Gasteiger charge is 2.58. The molecule has 14 nitrogen and oxygen atoms in total. The molecule has 0 aromatic heterocycles. The van der Waals surface area contributed by atoms with Gasteiger partial charge in [-0.05, 0) is 63.8 Å². The van der Waals surface area contributed by atoms with Crippen LogP contribution >= 0.6 is 0 Å². The molecule has 4 aromatic carbocycles. The number of hydrogen-bond acceptors (Lipinski definition) is 14. The fourth-order valence-corrected chi connectivity index (χ4v) is 8.67. The average molecular weight is 911 g/mol. The van der Waals surface area contributed by atoms with E-state index >= 15 is 0 Å². The summed E-state index contributed by atoms with van der Waals surface area (Å²) in [4.78, 5) is 24.9. The molecule has 8 rings (SSSR count). The van der Waals surface area contributed by atoms with Crippen molar-refractivity contribution >= 4 is 11.9 Å². The standard InChI is InChI=1S/2C26H33NO6/c2*1-4-29-21(28)15-20(27-16-18-11-7-5-8-12-18)22-23(30-17-19-13-9-6-10-14-19)24-25(31-22)33-26(2,3)32-24/h2*5-14,20,22-25,27H,4,15-17H2,1-3H3/t20-,22+,23-,24+,25+;20-,22-,23+,24-,25-/m01/s1. The van der Waals surface area contributed by atoms with Crippen molar-refractivity contribution < 1.29 is 57.0 Å². The molecule has 10 atom stereocenters. The number of esters is 2. The third kappa shape index (κ3) is 13.8. The Bertz CT molecular complexity index is 1930. The molecule has 0 spiro atoms. The number of benzene rings is 4. The summed E-state index contributed by atoms with van der Waals surface area (Å²) >= 11 is 0. The van der Waals surface area contributed by atoms with Crippen molar-refractivity contribution in [1.82, 2.24) is 10.6 Å². The lowest BCUT2D eigenvalue weighted by molar-refractivity contribution is -0.223. The lowest BCUT2D eigenvalue weighted by atomic mass is 10.00. The van der Waals surface area contributed by atoms with Crippen molar-refractivity contribution in [1.29, 1.82) is 0 Å². The molecule has 4 saturated heterocycles. The molecule has 4 heterocycles. The molecule has 356 valence electrons. The van der Waals surface area contributed by atoms with Gasteiger partial charge in [-0.1, -0.05) is 121 Å². The van der Waals surface area contributed by atoms with Gasteiger partial charge in [-0.15, -0.1) is 0 Å². The summed E-state index contributed by atoms with van der Waals surface area (Å²) in [6, 6.07) is 39.3. The number of rotatable bonds is 20. The third-order valence-corrected chi connectivity index (χ3v) is 11.6. The summed E-state index contributed by atoms with van der Waals surface area (Å²) in [7, 11) is 0. The van der Waals surface area contributed by atoms with E-state index in [0.717, 1.165) is 22.3 Å². The quantitative estimate of drug-likeness (QED) is 0.0867. The van der Waals surface area contributed by atoms with Crippen LogP contribution in [0.15, 0.2) is 121 Å². The first kappa shape index (κ1) is 49.3. The second-order valence-electron chi connectivity index (χ2n) is 17.6. The molecule has 0 saturated carbocycles. The zero-order chi connectivity index (χ0) is 46.5. The summed E-state index contributed by atoms with van der Waals surface area (Å²) < 4.78 is 60.1. The van der Waals surface area contributed by atoms with Crippen LogP contribution in [0.1, 0.15) is 76.6 Å². The summed E-state index contributed by atoms with van der Waals surface area (Å²) in [5.74, 6) is -2.09. The SMILES string of the molecule is CCOC(=O)C[C@@H](NCc1ccccc1)[C@H]1O[C@@H]2OC(C)(C)O[C@@H]2[C@H]1OCc1ccccc1.CCOC(=O)C[C@H](NCc1ccccc1)[C@H]1O[C@@H]2OC(C)(C)O[C@@H]2[C@H]1OCc1ccccc1. The van der Waals surface area contributed by atoms with Gasteiger partial charge in [-0.2, -0.15) is 0 Å². The molecule has 4 aliphatic heterocycles. The van der Waals surface area contributed by atoms with Crippen LogP contribution in [0.4, 0.5) is 0 Å². The number of carbonyl (C=O) groups is 2. The monoisotopic (exact) mass is 910 g/mol. The predicted octanol–water partition coefficient (Wildman–Crippen LogP) is 7.12. The topological polar surface area (TPSA) is 150 Å². The lowest BCUT2D eigenvalue weighted by Crippen LogP contribution is -2.49. The normalized spacial score (nSPS) is 26.6. The third-order valence-electron chi connectivity index (χ3n) is 11.6.